The zero-order valence-electron chi connectivity index (χ0n) is 10.0. The normalized spacial score (nSPS) is 11.9. The summed E-state index contributed by atoms with van der Waals surface area (Å²) in [6.45, 7) is 8.55. The van der Waals surface area contributed by atoms with Gasteiger partial charge < -0.3 is 10.2 Å². The first-order chi connectivity index (χ1) is 8.11. The van der Waals surface area contributed by atoms with Gasteiger partial charge in [-0.3, -0.25) is 5.43 Å². The molecule has 0 fully saturated rings. The second kappa shape index (κ2) is 7.09. The fraction of sp³-hybridized carbons (Fsp3) is 0.455. The van der Waals surface area contributed by atoms with Crippen LogP contribution < -0.4 is 10.9 Å². The zero-order valence-corrected chi connectivity index (χ0v) is 10.8. The van der Waals surface area contributed by atoms with E-state index in [1.807, 2.05) is 13.8 Å². The molecule has 0 aromatic carbocycles. The van der Waals surface area contributed by atoms with Crippen molar-refractivity contribution in [2.75, 3.05) is 12.0 Å². The molecule has 0 aliphatic carbocycles. The molecule has 0 amide bonds. The van der Waals surface area contributed by atoms with E-state index in [4.69, 9.17) is 16.3 Å². The molecule has 94 valence electrons. The first-order valence-electron chi connectivity index (χ1n) is 5.42. The summed E-state index contributed by atoms with van der Waals surface area (Å²) >= 11 is 5.62. The van der Waals surface area contributed by atoms with E-state index in [0.29, 0.717) is 17.6 Å². The van der Waals surface area contributed by atoms with E-state index in [1.165, 1.54) is 0 Å². The summed E-state index contributed by atoms with van der Waals surface area (Å²) in [7, 11) is 0. The Kier molecular flexibility index (Phi) is 5.72. The summed E-state index contributed by atoms with van der Waals surface area (Å²) in [6.07, 6.45) is 0.861. The third-order valence-electron chi connectivity index (χ3n) is 1.98. The number of hydrazine groups is 1. The Morgan fingerprint density at radius 3 is 2.88 bits per heavy atom. The fourth-order valence-electron chi connectivity index (χ4n) is 1.28. The van der Waals surface area contributed by atoms with Crippen LogP contribution >= 0.6 is 11.6 Å². The summed E-state index contributed by atoms with van der Waals surface area (Å²) in [5, 5.41) is 7.90. The molecule has 1 aromatic rings. The minimum atomic E-state index is 0.137. The molecule has 1 atom stereocenters. The van der Waals surface area contributed by atoms with Gasteiger partial charge in [0.1, 0.15) is 0 Å². The van der Waals surface area contributed by atoms with Gasteiger partial charge in [-0.05, 0) is 26.0 Å². The van der Waals surface area contributed by atoms with Crippen LogP contribution in [0.25, 0.3) is 0 Å². The molecule has 1 unspecified atom stereocenters. The minimum Gasteiger partial charge on any atom is -0.378 e. The highest BCUT2D eigenvalue weighted by Gasteiger charge is 2.03. The molecule has 17 heavy (non-hydrogen) atoms. The van der Waals surface area contributed by atoms with Crippen LogP contribution in [0.4, 0.5) is 5.82 Å². The van der Waals surface area contributed by atoms with Crippen molar-refractivity contribution in [3.8, 4) is 0 Å². The molecule has 2 N–H and O–H groups in total. The van der Waals surface area contributed by atoms with Gasteiger partial charge in [0.15, 0.2) is 11.0 Å². The topological polar surface area (TPSA) is 59.1 Å². The zero-order chi connectivity index (χ0) is 12.7. The van der Waals surface area contributed by atoms with E-state index >= 15 is 0 Å². The number of aromatic nitrogens is 2. The van der Waals surface area contributed by atoms with Crippen LogP contribution in [-0.4, -0.2) is 22.9 Å². The highest BCUT2D eigenvalue weighted by atomic mass is 35.5. The van der Waals surface area contributed by atoms with Crippen LogP contribution in [0.1, 0.15) is 20.3 Å². The molecule has 0 bridgehead atoms. The van der Waals surface area contributed by atoms with Crippen molar-refractivity contribution in [1.82, 2.24) is 15.6 Å². The Bertz CT molecular complexity index is 355. The minimum absolute atomic E-state index is 0.137. The average Bonchev–Trinajstić information content (AvgIpc) is 2.28. The fourth-order valence-corrected chi connectivity index (χ4v) is 1.38. The molecule has 0 aliphatic heterocycles. The van der Waals surface area contributed by atoms with Crippen molar-refractivity contribution in [1.29, 1.82) is 0 Å². The summed E-state index contributed by atoms with van der Waals surface area (Å²) < 4.78 is 5.41. The SMILES string of the molecule is C=C(CC(C)OCC)NNc1ccc(Cl)nn1. The number of anilines is 1. The highest BCUT2D eigenvalue weighted by Crippen LogP contribution is 2.07. The predicted molar refractivity (Wildman–Crippen MR) is 68.6 cm³/mol. The maximum absolute atomic E-state index is 5.62. The van der Waals surface area contributed by atoms with Crippen molar-refractivity contribution in [2.24, 2.45) is 0 Å². The Balaban J connectivity index is 2.30. The first-order valence-corrected chi connectivity index (χ1v) is 5.80. The summed E-state index contributed by atoms with van der Waals surface area (Å²) in [6, 6.07) is 3.38. The van der Waals surface area contributed by atoms with E-state index in [9.17, 15) is 0 Å². The summed E-state index contributed by atoms with van der Waals surface area (Å²) in [4.78, 5) is 0. The van der Waals surface area contributed by atoms with E-state index in [0.717, 1.165) is 12.1 Å². The predicted octanol–water partition coefficient (Wildman–Crippen LogP) is 2.38. The molecule has 5 nitrogen and oxygen atoms in total. The molecular formula is C11H17ClN4O. The van der Waals surface area contributed by atoms with E-state index < -0.39 is 0 Å². The van der Waals surface area contributed by atoms with E-state index in [2.05, 4.69) is 27.6 Å². The lowest BCUT2D eigenvalue weighted by molar-refractivity contribution is 0.0759. The molecule has 0 saturated carbocycles. The van der Waals surface area contributed by atoms with Gasteiger partial charge in [-0.15, -0.1) is 10.2 Å². The number of rotatable bonds is 7. The van der Waals surface area contributed by atoms with E-state index in [1.54, 1.807) is 12.1 Å². The second-order valence-corrected chi connectivity index (χ2v) is 3.95. The van der Waals surface area contributed by atoms with Crippen LogP contribution in [0.3, 0.4) is 0 Å². The van der Waals surface area contributed by atoms with Gasteiger partial charge in [0.2, 0.25) is 0 Å². The van der Waals surface area contributed by atoms with Crippen LogP contribution in [0.2, 0.25) is 5.15 Å². The quantitative estimate of drug-likeness (QED) is 0.734. The van der Waals surface area contributed by atoms with Crippen molar-refractivity contribution in [2.45, 2.75) is 26.4 Å². The standard InChI is InChI=1S/C11H17ClN4O/c1-4-17-9(3)7-8(2)13-15-11-6-5-10(12)14-16-11/h5-6,9,13H,2,4,7H2,1,3H3,(H,15,16). The highest BCUT2D eigenvalue weighted by molar-refractivity contribution is 6.29. The van der Waals surface area contributed by atoms with Gasteiger partial charge in [-0.1, -0.05) is 18.2 Å². The number of hydrogen-bond donors (Lipinski definition) is 2. The molecule has 1 heterocycles. The maximum atomic E-state index is 5.62. The lowest BCUT2D eigenvalue weighted by Crippen LogP contribution is -2.24. The Morgan fingerprint density at radius 1 is 1.53 bits per heavy atom. The van der Waals surface area contributed by atoms with Gasteiger partial charge in [-0.25, -0.2) is 0 Å². The van der Waals surface area contributed by atoms with Crippen LogP contribution in [-0.2, 0) is 4.74 Å². The maximum Gasteiger partial charge on any atom is 0.167 e. The molecule has 0 radical (unpaired) electrons. The monoisotopic (exact) mass is 256 g/mol. The second-order valence-electron chi connectivity index (χ2n) is 3.56. The molecule has 0 saturated heterocycles. The number of hydrogen-bond acceptors (Lipinski definition) is 5. The van der Waals surface area contributed by atoms with Gasteiger partial charge in [0, 0.05) is 18.7 Å². The van der Waals surface area contributed by atoms with Gasteiger partial charge in [-0.2, -0.15) is 0 Å². The number of nitrogens with zero attached hydrogens (tertiary/aromatic N) is 2. The molecule has 1 rings (SSSR count). The van der Waals surface area contributed by atoms with Crippen LogP contribution in [0, 0.1) is 0 Å². The smallest absolute Gasteiger partial charge is 0.167 e. The average molecular weight is 257 g/mol. The van der Waals surface area contributed by atoms with Crippen LogP contribution in [0.15, 0.2) is 24.4 Å². The summed E-state index contributed by atoms with van der Waals surface area (Å²) in [5.41, 5.74) is 6.64. The van der Waals surface area contributed by atoms with Crippen molar-refractivity contribution in [3.63, 3.8) is 0 Å². The number of nitrogens with one attached hydrogen (secondary N) is 2. The van der Waals surface area contributed by atoms with Crippen LogP contribution in [0.5, 0.6) is 0 Å². The molecule has 0 spiro atoms. The first kappa shape index (κ1) is 13.7. The molecule has 6 heteroatoms. The third kappa shape index (κ3) is 5.51. The number of ether oxygens (including phenoxy) is 1. The molecular weight excluding hydrogens is 240 g/mol. The Hall–Kier alpha value is -1.33. The van der Waals surface area contributed by atoms with Crippen molar-refractivity contribution in [3.05, 3.63) is 29.6 Å². The summed E-state index contributed by atoms with van der Waals surface area (Å²) in [5.74, 6) is 0.583. The Morgan fingerprint density at radius 2 is 2.29 bits per heavy atom. The Labute approximate surface area is 106 Å². The lowest BCUT2D eigenvalue weighted by Gasteiger charge is -2.15. The van der Waals surface area contributed by atoms with Gasteiger partial charge in [0.05, 0.1) is 6.10 Å². The van der Waals surface area contributed by atoms with E-state index in [-0.39, 0.29) is 6.10 Å². The largest absolute Gasteiger partial charge is 0.378 e. The van der Waals surface area contributed by atoms with Crippen molar-refractivity contribution < 1.29 is 4.74 Å². The number of halogens is 1. The van der Waals surface area contributed by atoms with Crippen molar-refractivity contribution >= 4 is 17.4 Å². The lowest BCUT2D eigenvalue weighted by atomic mass is 10.2. The van der Waals surface area contributed by atoms with Gasteiger partial charge >= 0.3 is 0 Å². The van der Waals surface area contributed by atoms with Gasteiger partial charge in [0.25, 0.3) is 0 Å². The molecule has 0 aliphatic rings. The third-order valence-corrected chi connectivity index (χ3v) is 2.19. The molecule has 1 aromatic heterocycles.